The van der Waals surface area contributed by atoms with Gasteiger partial charge in [-0.2, -0.15) is 0 Å². The first-order valence-corrected chi connectivity index (χ1v) is 13.2. The fourth-order valence-electron chi connectivity index (χ4n) is 5.46. The zero-order chi connectivity index (χ0) is 26.9. The van der Waals surface area contributed by atoms with Crippen LogP contribution in [-0.2, 0) is 0 Å². The Balaban J connectivity index is 1.47. The van der Waals surface area contributed by atoms with Crippen molar-refractivity contribution in [3.63, 3.8) is 0 Å². The number of benzene rings is 4. The van der Waals surface area contributed by atoms with Gasteiger partial charge in [0.1, 0.15) is 29.3 Å². The average molecular weight is 510 g/mol. The summed E-state index contributed by atoms with van der Waals surface area (Å²) in [5, 5.41) is 9.52. The molecule has 0 radical (unpaired) electrons. The monoisotopic (exact) mass is 509 g/mol. The van der Waals surface area contributed by atoms with Gasteiger partial charge in [0.25, 0.3) is 0 Å². The summed E-state index contributed by atoms with van der Waals surface area (Å²) >= 11 is 0. The summed E-state index contributed by atoms with van der Waals surface area (Å²) in [6.07, 6.45) is 5.12. The molecular formula is C35H31N3O. The molecule has 192 valence electrons. The Morgan fingerprint density at radius 2 is 1.69 bits per heavy atom. The van der Waals surface area contributed by atoms with Crippen LogP contribution in [0.25, 0.3) is 33.1 Å². The molecule has 2 atom stereocenters. The fraction of sp³-hybridized carbons (Fsp3) is 0.114. The van der Waals surface area contributed by atoms with E-state index >= 15 is 0 Å². The molecule has 2 unspecified atom stereocenters. The van der Waals surface area contributed by atoms with Crippen molar-refractivity contribution >= 4 is 27.8 Å². The Morgan fingerprint density at radius 3 is 2.49 bits per heavy atom. The Bertz CT molecular complexity index is 1770. The first-order chi connectivity index (χ1) is 19.1. The van der Waals surface area contributed by atoms with Gasteiger partial charge >= 0.3 is 0 Å². The molecule has 0 fully saturated rings. The van der Waals surface area contributed by atoms with Gasteiger partial charge in [-0.05, 0) is 65.4 Å². The molecule has 0 saturated carbocycles. The quantitative estimate of drug-likeness (QED) is 0.226. The number of nitrogens with zero attached hydrogens (tertiary/aromatic N) is 1. The maximum absolute atomic E-state index is 6.32. The molecule has 1 aromatic heterocycles. The Kier molecular flexibility index (Phi) is 6.47. The van der Waals surface area contributed by atoms with Gasteiger partial charge in [-0.3, -0.25) is 5.32 Å². The smallest absolute Gasteiger partial charge is 0.138 e. The van der Waals surface area contributed by atoms with Crippen LogP contribution in [0, 0.1) is 13.8 Å². The van der Waals surface area contributed by atoms with Gasteiger partial charge in [-0.15, -0.1) is 0 Å². The highest BCUT2D eigenvalue weighted by Gasteiger charge is 2.26. The second kappa shape index (κ2) is 10.2. The molecule has 2 heterocycles. The minimum Gasteiger partial charge on any atom is -0.456 e. The molecule has 0 saturated heterocycles. The first-order valence-electron chi connectivity index (χ1n) is 13.2. The van der Waals surface area contributed by atoms with Crippen LogP contribution in [0.15, 0.2) is 131 Å². The summed E-state index contributed by atoms with van der Waals surface area (Å²) in [4.78, 5) is 5.07. The SMILES string of the molecule is C=C/C=C(\C=C)C1=NC(c2cccc(-c3cccc4oc5c(C)cc(C)cc5c34)c2)NC(c2ccccc2)N1. The second-order valence-corrected chi connectivity index (χ2v) is 9.96. The minimum atomic E-state index is -0.260. The largest absolute Gasteiger partial charge is 0.456 e. The molecule has 39 heavy (non-hydrogen) atoms. The lowest BCUT2D eigenvalue weighted by atomic mass is 9.96. The fourth-order valence-corrected chi connectivity index (χ4v) is 5.46. The van der Waals surface area contributed by atoms with E-state index in [0.29, 0.717) is 0 Å². The van der Waals surface area contributed by atoms with Crippen LogP contribution in [0.5, 0.6) is 0 Å². The van der Waals surface area contributed by atoms with Crippen LogP contribution in [0.4, 0.5) is 0 Å². The van der Waals surface area contributed by atoms with Gasteiger partial charge in [-0.25, -0.2) is 4.99 Å². The van der Waals surface area contributed by atoms with E-state index in [1.807, 2.05) is 30.4 Å². The van der Waals surface area contributed by atoms with E-state index in [2.05, 4.69) is 104 Å². The average Bonchev–Trinajstić information content (AvgIpc) is 3.35. The Hall–Kier alpha value is -4.67. The van der Waals surface area contributed by atoms with Crippen molar-refractivity contribution in [2.45, 2.75) is 26.2 Å². The van der Waals surface area contributed by atoms with Crippen LogP contribution >= 0.6 is 0 Å². The topological polar surface area (TPSA) is 49.6 Å². The lowest BCUT2D eigenvalue weighted by Gasteiger charge is -2.32. The van der Waals surface area contributed by atoms with E-state index in [-0.39, 0.29) is 12.3 Å². The highest BCUT2D eigenvalue weighted by atomic mass is 16.3. The number of amidine groups is 1. The summed E-state index contributed by atoms with van der Waals surface area (Å²) < 4.78 is 6.32. The van der Waals surface area contributed by atoms with E-state index in [9.17, 15) is 0 Å². The van der Waals surface area contributed by atoms with Crippen molar-refractivity contribution < 1.29 is 4.42 Å². The van der Waals surface area contributed by atoms with Gasteiger partial charge in [0, 0.05) is 16.3 Å². The number of fused-ring (bicyclic) bond motifs is 3. The molecule has 4 heteroatoms. The van der Waals surface area contributed by atoms with E-state index < -0.39 is 0 Å². The van der Waals surface area contributed by atoms with Gasteiger partial charge in [-0.1, -0.05) is 98.1 Å². The van der Waals surface area contributed by atoms with E-state index in [1.54, 1.807) is 6.08 Å². The van der Waals surface area contributed by atoms with Gasteiger partial charge < -0.3 is 9.73 Å². The summed E-state index contributed by atoms with van der Waals surface area (Å²) in [7, 11) is 0. The zero-order valence-electron chi connectivity index (χ0n) is 22.2. The number of aliphatic imine (C=N–C) groups is 1. The van der Waals surface area contributed by atoms with E-state index in [1.165, 1.54) is 5.56 Å². The number of aryl methyl sites for hydroxylation is 2. The summed E-state index contributed by atoms with van der Waals surface area (Å²) in [6, 6.07) is 29.7. The Labute approximate surface area is 229 Å². The molecule has 4 nitrogen and oxygen atoms in total. The molecule has 0 amide bonds. The predicted molar refractivity (Wildman–Crippen MR) is 163 cm³/mol. The molecule has 1 aliphatic heterocycles. The summed E-state index contributed by atoms with van der Waals surface area (Å²) in [5.74, 6) is 0.779. The standard InChI is InChI=1S/C35H31N3O/c1-5-12-24(6-2)33-36-34(25-13-8-7-9-14-25)38-35(37-33)27-16-10-15-26(21-27)28-17-11-18-30-31(28)29-20-22(3)19-23(4)32(29)39-30/h5-21,34-35,38H,1-2H2,3-4H3,(H,36,37)/b24-12+. The molecule has 0 aliphatic carbocycles. The highest BCUT2D eigenvalue weighted by molar-refractivity contribution is 6.13. The molecule has 2 N–H and O–H groups in total. The van der Waals surface area contributed by atoms with E-state index in [4.69, 9.17) is 9.41 Å². The summed E-state index contributed by atoms with van der Waals surface area (Å²) in [6.45, 7) is 12.1. The first kappa shape index (κ1) is 24.7. The highest BCUT2D eigenvalue weighted by Crippen LogP contribution is 2.39. The van der Waals surface area contributed by atoms with Gasteiger partial charge in [0.05, 0.1) is 0 Å². The Morgan fingerprint density at radius 1 is 0.897 bits per heavy atom. The van der Waals surface area contributed by atoms with Gasteiger partial charge in [0.2, 0.25) is 0 Å². The minimum absolute atomic E-state index is 0.118. The van der Waals surface area contributed by atoms with Crippen LogP contribution < -0.4 is 10.6 Å². The number of allylic oxidation sites excluding steroid dienone is 2. The lowest BCUT2D eigenvalue weighted by Crippen LogP contribution is -2.45. The van der Waals surface area contributed by atoms with Crippen molar-refractivity contribution in [3.05, 3.63) is 144 Å². The number of furan rings is 1. The van der Waals surface area contributed by atoms with Crippen molar-refractivity contribution in [1.29, 1.82) is 0 Å². The normalized spacial score (nSPS) is 17.6. The number of hydrogen-bond donors (Lipinski definition) is 2. The molecule has 4 aromatic carbocycles. The van der Waals surface area contributed by atoms with Crippen LogP contribution in [0.3, 0.4) is 0 Å². The third-order valence-corrected chi connectivity index (χ3v) is 7.23. The molecule has 1 aliphatic rings. The number of hydrogen-bond acceptors (Lipinski definition) is 4. The summed E-state index contributed by atoms with van der Waals surface area (Å²) in [5.41, 5.74) is 9.60. The molecule has 6 rings (SSSR count). The van der Waals surface area contributed by atoms with E-state index in [0.717, 1.165) is 61.2 Å². The predicted octanol–water partition coefficient (Wildman–Crippen LogP) is 8.46. The van der Waals surface area contributed by atoms with Gasteiger partial charge in [0.15, 0.2) is 0 Å². The van der Waals surface area contributed by atoms with Crippen molar-refractivity contribution in [1.82, 2.24) is 10.6 Å². The van der Waals surface area contributed by atoms with Crippen LogP contribution in [0.1, 0.15) is 34.6 Å². The molecular weight excluding hydrogens is 478 g/mol. The van der Waals surface area contributed by atoms with Crippen LogP contribution in [0.2, 0.25) is 0 Å². The maximum Gasteiger partial charge on any atom is 0.138 e. The zero-order valence-corrected chi connectivity index (χ0v) is 22.2. The lowest BCUT2D eigenvalue weighted by molar-refractivity contribution is 0.409. The molecule has 5 aromatic rings. The third-order valence-electron chi connectivity index (χ3n) is 7.23. The number of rotatable bonds is 6. The third kappa shape index (κ3) is 4.60. The second-order valence-electron chi connectivity index (χ2n) is 9.96. The number of nitrogens with one attached hydrogen (secondary N) is 2. The van der Waals surface area contributed by atoms with Crippen LogP contribution in [-0.4, -0.2) is 5.84 Å². The van der Waals surface area contributed by atoms with Crippen molar-refractivity contribution in [2.24, 2.45) is 4.99 Å². The van der Waals surface area contributed by atoms with Crippen molar-refractivity contribution in [2.75, 3.05) is 0 Å². The van der Waals surface area contributed by atoms with Crippen molar-refractivity contribution in [3.8, 4) is 11.1 Å². The molecule has 0 bridgehead atoms. The maximum atomic E-state index is 6.32. The molecule has 0 spiro atoms.